The van der Waals surface area contributed by atoms with Crippen molar-refractivity contribution in [2.45, 2.75) is 30.3 Å². The van der Waals surface area contributed by atoms with Crippen LogP contribution in [0.4, 0.5) is 5.69 Å². The number of ether oxygens (including phenoxy) is 1. The number of allylic oxidation sites excluding steroid dienone is 1. The number of hydrogen-bond acceptors (Lipinski definition) is 5. The molecular formula is C30H19Cl2N3O3. The summed E-state index contributed by atoms with van der Waals surface area (Å²) >= 11 is 12.2. The van der Waals surface area contributed by atoms with Gasteiger partial charge in [-0.2, -0.15) is 10.5 Å². The van der Waals surface area contributed by atoms with E-state index in [4.69, 9.17) is 27.9 Å². The highest BCUT2D eigenvalue weighted by Gasteiger charge is 2.72. The summed E-state index contributed by atoms with van der Waals surface area (Å²) in [4.78, 5) is 28.1. The van der Waals surface area contributed by atoms with Gasteiger partial charge in [-0.1, -0.05) is 65.7 Å². The lowest BCUT2D eigenvalue weighted by molar-refractivity contribution is -0.129. The lowest BCUT2D eigenvalue weighted by Crippen LogP contribution is -2.58. The second kappa shape index (κ2) is 8.74. The van der Waals surface area contributed by atoms with Gasteiger partial charge in [-0.15, -0.1) is 0 Å². The summed E-state index contributed by atoms with van der Waals surface area (Å²) in [5.41, 5.74) is -1.45. The quantitative estimate of drug-likeness (QED) is 0.406. The fourth-order valence-electron chi connectivity index (χ4n) is 6.24. The van der Waals surface area contributed by atoms with E-state index in [0.717, 1.165) is 5.56 Å². The number of hydrogen-bond donors (Lipinski definition) is 1. The Morgan fingerprint density at radius 1 is 0.842 bits per heavy atom. The molecule has 1 amide bonds. The van der Waals surface area contributed by atoms with Crippen LogP contribution in [0.15, 0.2) is 84.1 Å². The SMILES string of the molecule is N#CC1(C#N)[C@@H](c2ccc(Cl)cc2)CC2=C(C(=O)C[C@@H](c3ccc(Cl)cc3)O2)[C@]12C(=O)Nc1ccccc12. The highest BCUT2D eigenvalue weighted by atomic mass is 35.5. The molecule has 8 heteroatoms. The third kappa shape index (κ3) is 3.18. The van der Waals surface area contributed by atoms with Crippen molar-refractivity contribution in [1.82, 2.24) is 0 Å². The molecule has 2 aliphatic heterocycles. The van der Waals surface area contributed by atoms with Gasteiger partial charge in [-0.3, -0.25) is 9.59 Å². The van der Waals surface area contributed by atoms with Crippen molar-refractivity contribution in [2.75, 3.05) is 5.32 Å². The Kier molecular flexibility index (Phi) is 5.58. The van der Waals surface area contributed by atoms with Crippen molar-refractivity contribution in [3.63, 3.8) is 0 Å². The number of rotatable bonds is 2. The summed E-state index contributed by atoms with van der Waals surface area (Å²) in [6, 6.07) is 25.2. The Hall–Kier alpha value is -4.10. The molecule has 186 valence electrons. The lowest BCUT2D eigenvalue weighted by Gasteiger charge is -2.49. The number of nitrogens with zero attached hydrogens (tertiary/aromatic N) is 2. The summed E-state index contributed by atoms with van der Waals surface area (Å²) in [6.45, 7) is 0. The number of Topliss-reactive ketones (excluding diaryl/α,β-unsaturated/α-hetero) is 1. The zero-order valence-corrected chi connectivity index (χ0v) is 21.4. The van der Waals surface area contributed by atoms with Crippen molar-refractivity contribution < 1.29 is 14.3 Å². The largest absolute Gasteiger partial charge is 0.489 e. The van der Waals surface area contributed by atoms with Crippen LogP contribution < -0.4 is 5.32 Å². The van der Waals surface area contributed by atoms with Gasteiger partial charge in [0.05, 0.1) is 24.1 Å². The van der Waals surface area contributed by atoms with E-state index in [9.17, 15) is 20.1 Å². The van der Waals surface area contributed by atoms with Crippen molar-refractivity contribution in [1.29, 1.82) is 10.5 Å². The number of fused-ring (bicyclic) bond motifs is 3. The zero-order chi connectivity index (χ0) is 26.7. The number of benzene rings is 3. The summed E-state index contributed by atoms with van der Waals surface area (Å²) < 4.78 is 6.49. The van der Waals surface area contributed by atoms with Crippen LogP contribution in [0, 0.1) is 28.1 Å². The topological polar surface area (TPSA) is 103 Å². The van der Waals surface area contributed by atoms with Gasteiger partial charge in [0.15, 0.2) is 11.2 Å². The van der Waals surface area contributed by atoms with Gasteiger partial charge in [0.25, 0.3) is 0 Å². The first-order chi connectivity index (χ1) is 18.4. The first-order valence-corrected chi connectivity index (χ1v) is 12.8. The molecule has 2 heterocycles. The van der Waals surface area contributed by atoms with Crippen molar-refractivity contribution in [2.24, 2.45) is 5.41 Å². The predicted molar refractivity (Wildman–Crippen MR) is 141 cm³/mol. The minimum atomic E-state index is -1.94. The number of carbonyl (C=O) groups is 2. The molecule has 3 atom stereocenters. The van der Waals surface area contributed by atoms with E-state index >= 15 is 0 Å². The van der Waals surface area contributed by atoms with E-state index in [1.807, 2.05) is 0 Å². The van der Waals surface area contributed by atoms with Crippen LogP contribution in [0.5, 0.6) is 0 Å². The number of halogens is 2. The Balaban J connectivity index is 1.64. The van der Waals surface area contributed by atoms with Crippen LogP contribution in [-0.2, 0) is 19.7 Å². The van der Waals surface area contributed by atoms with E-state index in [2.05, 4.69) is 17.5 Å². The van der Waals surface area contributed by atoms with Crippen LogP contribution in [0.3, 0.4) is 0 Å². The molecule has 6 rings (SSSR count). The number of para-hydroxylation sites is 1. The van der Waals surface area contributed by atoms with Crippen molar-refractivity contribution in [3.8, 4) is 12.1 Å². The molecule has 1 N–H and O–H groups in total. The molecule has 3 aliphatic rings. The zero-order valence-electron chi connectivity index (χ0n) is 19.9. The molecule has 0 saturated carbocycles. The maximum Gasteiger partial charge on any atom is 0.242 e. The summed E-state index contributed by atoms with van der Waals surface area (Å²) in [6.07, 6.45) is -0.556. The van der Waals surface area contributed by atoms with Gasteiger partial charge in [-0.05, 0) is 47.0 Å². The van der Waals surface area contributed by atoms with Crippen molar-refractivity contribution in [3.05, 3.63) is 111 Å². The van der Waals surface area contributed by atoms with Gasteiger partial charge >= 0.3 is 0 Å². The van der Waals surface area contributed by atoms with Crippen LogP contribution in [0.25, 0.3) is 0 Å². The minimum Gasteiger partial charge on any atom is -0.489 e. The van der Waals surface area contributed by atoms with Gasteiger partial charge in [0, 0.05) is 28.1 Å². The van der Waals surface area contributed by atoms with E-state index in [1.165, 1.54) is 0 Å². The Labute approximate surface area is 229 Å². The van der Waals surface area contributed by atoms with Gasteiger partial charge in [-0.25, -0.2) is 0 Å². The number of amides is 1. The normalized spacial score (nSPS) is 25.1. The molecule has 0 unspecified atom stereocenters. The Morgan fingerprint density at radius 3 is 2.08 bits per heavy atom. The maximum absolute atomic E-state index is 14.1. The molecule has 6 nitrogen and oxygen atoms in total. The molecular weight excluding hydrogens is 521 g/mol. The first kappa shape index (κ1) is 24.2. The average Bonchev–Trinajstić information content (AvgIpc) is 3.22. The number of anilines is 1. The van der Waals surface area contributed by atoms with Gasteiger partial charge in [0.2, 0.25) is 5.91 Å². The average molecular weight is 540 g/mol. The van der Waals surface area contributed by atoms with E-state index in [-0.39, 0.29) is 24.2 Å². The van der Waals surface area contributed by atoms with Crippen LogP contribution in [0.2, 0.25) is 10.0 Å². The van der Waals surface area contributed by atoms with Crippen LogP contribution in [0.1, 0.15) is 41.6 Å². The molecule has 3 aromatic rings. The molecule has 3 aromatic carbocycles. The third-order valence-corrected chi connectivity index (χ3v) is 8.38. The molecule has 0 fully saturated rings. The maximum atomic E-state index is 14.1. The molecule has 0 bridgehead atoms. The molecule has 0 radical (unpaired) electrons. The highest BCUT2D eigenvalue weighted by Crippen LogP contribution is 2.65. The summed E-state index contributed by atoms with van der Waals surface area (Å²) in [7, 11) is 0. The second-order valence-electron chi connectivity index (χ2n) is 9.67. The Bertz CT molecular complexity index is 1600. The number of nitrogens with one attached hydrogen (secondary N) is 1. The summed E-state index contributed by atoms with van der Waals surface area (Å²) in [5, 5.41) is 25.4. The van der Waals surface area contributed by atoms with Crippen LogP contribution >= 0.6 is 23.2 Å². The van der Waals surface area contributed by atoms with E-state index < -0.39 is 28.8 Å². The molecule has 1 aliphatic carbocycles. The minimum absolute atomic E-state index is 0.0454. The second-order valence-corrected chi connectivity index (χ2v) is 10.5. The molecule has 38 heavy (non-hydrogen) atoms. The van der Waals surface area contributed by atoms with E-state index in [1.54, 1.807) is 72.8 Å². The lowest BCUT2D eigenvalue weighted by atomic mass is 9.47. The third-order valence-electron chi connectivity index (χ3n) is 7.88. The monoisotopic (exact) mass is 539 g/mol. The van der Waals surface area contributed by atoms with Crippen molar-refractivity contribution >= 4 is 40.6 Å². The predicted octanol–water partition coefficient (Wildman–Crippen LogP) is 6.39. The highest BCUT2D eigenvalue weighted by molar-refractivity contribution is 6.30. The Morgan fingerprint density at radius 2 is 1.45 bits per heavy atom. The first-order valence-electron chi connectivity index (χ1n) is 12.0. The standard InChI is InChI=1S/C30H19Cl2N3O3/c31-19-9-5-17(6-10-19)22-13-26-27(24(36)14-25(38-26)18-7-11-20(32)12-8-18)30(29(22,15-33)16-34)21-3-1-2-4-23(21)35-28(30)37/h1-12,22,25H,13-14H2,(H,35,37)/t22-,25+,30-/m1/s1. The molecule has 0 saturated heterocycles. The van der Waals surface area contributed by atoms with E-state index in [0.29, 0.717) is 32.6 Å². The fourth-order valence-corrected chi connectivity index (χ4v) is 6.49. The summed E-state index contributed by atoms with van der Waals surface area (Å²) in [5.74, 6) is -1.39. The number of carbonyl (C=O) groups excluding carboxylic acids is 2. The van der Waals surface area contributed by atoms with Gasteiger partial charge in [0.1, 0.15) is 17.3 Å². The number of ketones is 1. The van der Waals surface area contributed by atoms with Gasteiger partial charge < -0.3 is 10.1 Å². The van der Waals surface area contributed by atoms with Crippen LogP contribution in [-0.4, -0.2) is 11.7 Å². The molecule has 1 spiro atoms. The molecule has 0 aromatic heterocycles. The fraction of sp³-hybridized carbons (Fsp3) is 0.200. The number of nitriles is 2. The smallest absolute Gasteiger partial charge is 0.242 e.